The van der Waals surface area contributed by atoms with Gasteiger partial charge < -0.3 is 15.5 Å². The Morgan fingerprint density at radius 3 is 2.65 bits per heavy atom. The highest BCUT2D eigenvalue weighted by atomic mass is 16.4. The van der Waals surface area contributed by atoms with Crippen LogP contribution in [0.25, 0.3) is 0 Å². The number of aliphatic hydroxyl groups is 1. The lowest BCUT2D eigenvalue weighted by atomic mass is 9.95. The van der Waals surface area contributed by atoms with E-state index in [9.17, 15) is 4.79 Å². The molecule has 0 fully saturated rings. The van der Waals surface area contributed by atoms with Crippen LogP contribution >= 0.6 is 0 Å². The zero-order valence-electron chi connectivity index (χ0n) is 10.1. The van der Waals surface area contributed by atoms with Gasteiger partial charge in [0.2, 0.25) is 0 Å². The first-order chi connectivity index (χ1) is 8.00. The maximum absolute atomic E-state index is 10.7. The molecule has 0 saturated carbocycles. The summed E-state index contributed by atoms with van der Waals surface area (Å²) < 4.78 is 0. The highest BCUT2D eigenvalue weighted by Crippen LogP contribution is 2.20. The molecule has 1 aromatic rings. The smallest absolute Gasteiger partial charge is 0.337 e. The molecular weight excluding hydrogens is 220 g/mol. The van der Waals surface area contributed by atoms with Crippen LogP contribution in [0.4, 0.5) is 5.82 Å². The Hall–Kier alpha value is -1.62. The van der Waals surface area contributed by atoms with Gasteiger partial charge in [-0.3, -0.25) is 0 Å². The van der Waals surface area contributed by atoms with Crippen LogP contribution in [0, 0.1) is 0 Å². The number of nitrogens with one attached hydrogen (secondary N) is 1. The van der Waals surface area contributed by atoms with Crippen molar-refractivity contribution >= 4 is 11.8 Å². The second-order valence-electron chi connectivity index (χ2n) is 4.25. The Morgan fingerprint density at radius 2 is 2.24 bits per heavy atom. The van der Waals surface area contributed by atoms with E-state index in [-0.39, 0.29) is 17.7 Å². The van der Waals surface area contributed by atoms with Gasteiger partial charge in [0.15, 0.2) is 0 Å². The van der Waals surface area contributed by atoms with E-state index in [0.29, 0.717) is 12.2 Å². The maximum atomic E-state index is 10.7. The average molecular weight is 238 g/mol. The fourth-order valence-corrected chi connectivity index (χ4v) is 1.48. The Balaban J connectivity index is 2.77. The molecule has 17 heavy (non-hydrogen) atoms. The van der Waals surface area contributed by atoms with Crippen molar-refractivity contribution in [3.63, 3.8) is 0 Å². The number of carboxylic acid groups (broad SMARTS) is 1. The molecule has 0 aromatic carbocycles. The van der Waals surface area contributed by atoms with Gasteiger partial charge in [-0.15, -0.1) is 0 Å². The minimum Gasteiger partial charge on any atom is -0.478 e. The van der Waals surface area contributed by atoms with Crippen LogP contribution in [0.1, 0.15) is 37.0 Å². The molecule has 5 heteroatoms. The summed E-state index contributed by atoms with van der Waals surface area (Å²) in [6.07, 6.45) is 2.78. The molecule has 1 aromatic heterocycles. The molecule has 0 bridgehead atoms. The maximum Gasteiger partial charge on any atom is 0.337 e. The number of aromatic nitrogens is 1. The Bertz CT molecular complexity index is 378. The van der Waals surface area contributed by atoms with Crippen molar-refractivity contribution in [1.29, 1.82) is 0 Å². The topological polar surface area (TPSA) is 82.5 Å². The van der Waals surface area contributed by atoms with Crippen LogP contribution in [-0.4, -0.2) is 33.3 Å². The molecule has 1 unspecified atom stereocenters. The lowest BCUT2D eigenvalue weighted by Gasteiger charge is -2.29. The summed E-state index contributed by atoms with van der Waals surface area (Å²) in [7, 11) is 0. The third-order valence-corrected chi connectivity index (χ3v) is 2.88. The number of pyridine rings is 1. The van der Waals surface area contributed by atoms with Crippen LogP contribution in [0.2, 0.25) is 0 Å². The number of hydrogen-bond donors (Lipinski definition) is 3. The second-order valence-corrected chi connectivity index (χ2v) is 4.25. The van der Waals surface area contributed by atoms with Gasteiger partial charge >= 0.3 is 5.97 Å². The molecule has 0 aliphatic heterocycles. The van der Waals surface area contributed by atoms with Crippen molar-refractivity contribution in [2.45, 2.75) is 32.2 Å². The zero-order valence-corrected chi connectivity index (χ0v) is 10.1. The summed E-state index contributed by atoms with van der Waals surface area (Å²) in [5, 5.41) is 20.9. The molecule has 1 atom stereocenters. The monoisotopic (exact) mass is 238 g/mol. The Labute approximate surface area is 101 Å². The first kappa shape index (κ1) is 13.4. The van der Waals surface area contributed by atoms with Crippen molar-refractivity contribution in [2.24, 2.45) is 0 Å². The van der Waals surface area contributed by atoms with Gasteiger partial charge in [-0.05, 0) is 31.9 Å². The number of carbonyl (C=O) groups is 1. The number of aliphatic hydroxyl groups excluding tert-OH is 1. The van der Waals surface area contributed by atoms with Crippen molar-refractivity contribution in [3.05, 3.63) is 23.9 Å². The van der Waals surface area contributed by atoms with E-state index in [1.54, 1.807) is 6.07 Å². The molecule has 1 rings (SSSR count). The van der Waals surface area contributed by atoms with Crippen LogP contribution in [0.15, 0.2) is 18.3 Å². The fourth-order valence-electron chi connectivity index (χ4n) is 1.48. The average Bonchev–Trinajstić information content (AvgIpc) is 2.30. The molecule has 94 valence electrons. The number of rotatable bonds is 6. The molecule has 0 spiro atoms. The molecule has 0 radical (unpaired) electrons. The van der Waals surface area contributed by atoms with Crippen molar-refractivity contribution < 1.29 is 15.0 Å². The van der Waals surface area contributed by atoms with E-state index >= 15 is 0 Å². The number of nitrogens with zero attached hydrogens (tertiary/aromatic N) is 1. The summed E-state index contributed by atoms with van der Waals surface area (Å²) >= 11 is 0. The first-order valence-electron chi connectivity index (χ1n) is 5.59. The van der Waals surface area contributed by atoms with Gasteiger partial charge in [-0.1, -0.05) is 6.92 Å². The highest BCUT2D eigenvalue weighted by Gasteiger charge is 2.21. The number of hydrogen-bond acceptors (Lipinski definition) is 4. The third-order valence-electron chi connectivity index (χ3n) is 2.88. The van der Waals surface area contributed by atoms with E-state index < -0.39 is 5.97 Å². The van der Waals surface area contributed by atoms with E-state index in [4.69, 9.17) is 10.2 Å². The largest absolute Gasteiger partial charge is 0.478 e. The molecule has 0 aliphatic rings. The van der Waals surface area contributed by atoms with E-state index in [0.717, 1.165) is 6.42 Å². The minimum atomic E-state index is -0.988. The van der Waals surface area contributed by atoms with Gasteiger partial charge in [0.05, 0.1) is 5.56 Å². The van der Waals surface area contributed by atoms with Crippen LogP contribution in [0.3, 0.4) is 0 Å². The normalized spacial score (nSPS) is 14.1. The Kier molecular flexibility index (Phi) is 4.45. The summed E-state index contributed by atoms with van der Waals surface area (Å²) in [6.45, 7) is 4.12. The van der Waals surface area contributed by atoms with Crippen LogP contribution in [-0.2, 0) is 0 Å². The van der Waals surface area contributed by atoms with Gasteiger partial charge in [0, 0.05) is 18.3 Å². The lowest BCUT2D eigenvalue weighted by molar-refractivity contribution is 0.0696. The molecule has 0 amide bonds. The number of anilines is 1. The molecule has 0 aliphatic carbocycles. The first-order valence-corrected chi connectivity index (χ1v) is 5.59. The minimum absolute atomic E-state index is 0.102. The Morgan fingerprint density at radius 1 is 1.53 bits per heavy atom. The van der Waals surface area contributed by atoms with Crippen molar-refractivity contribution in [2.75, 3.05) is 11.9 Å². The van der Waals surface area contributed by atoms with Gasteiger partial charge in [0.1, 0.15) is 5.82 Å². The van der Waals surface area contributed by atoms with Gasteiger partial charge in [-0.2, -0.15) is 0 Å². The number of aromatic carboxylic acids is 1. The summed E-state index contributed by atoms with van der Waals surface area (Å²) in [5.41, 5.74) is -0.0668. The molecule has 0 saturated heterocycles. The molecule has 5 nitrogen and oxygen atoms in total. The van der Waals surface area contributed by atoms with E-state index in [1.165, 1.54) is 12.3 Å². The standard InChI is InChI=1S/C12H18N2O3/c1-3-12(2,6-7-15)14-10-5-4-9(8-13-10)11(16)17/h4-5,8,15H,3,6-7H2,1-2H3,(H,13,14)(H,16,17). The summed E-state index contributed by atoms with van der Waals surface area (Å²) in [6, 6.07) is 3.14. The predicted molar refractivity (Wildman–Crippen MR) is 65.2 cm³/mol. The SMILES string of the molecule is CCC(C)(CCO)Nc1ccc(C(=O)O)cn1. The zero-order chi connectivity index (χ0) is 12.9. The quantitative estimate of drug-likeness (QED) is 0.703. The summed E-state index contributed by atoms with van der Waals surface area (Å²) in [5.74, 6) is -0.370. The number of carboxylic acids is 1. The van der Waals surface area contributed by atoms with Crippen molar-refractivity contribution in [3.8, 4) is 0 Å². The van der Waals surface area contributed by atoms with Crippen molar-refractivity contribution in [1.82, 2.24) is 4.98 Å². The summed E-state index contributed by atoms with van der Waals surface area (Å²) in [4.78, 5) is 14.7. The molecular formula is C12H18N2O3. The van der Waals surface area contributed by atoms with Gasteiger partial charge in [-0.25, -0.2) is 9.78 Å². The van der Waals surface area contributed by atoms with E-state index in [1.807, 2.05) is 13.8 Å². The van der Waals surface area contributed by atoms with Crippen LogP contribution < -0.4 is 5.32 Å². The predicted octanol–water partition coefficient (Wildman–Crippen LogP) is 1.74. The second kappa shape index (κ2) is 5.63. The highest BCUT2D eigenvalue weighted by molar-refractivity contribution is 5.87. The van der Waals surface area contributed by atoms with Crippen LogP contribution in [0.5, 0.6) is 0 Å². The fraction of sp³-hybridized carbons (Fsp3) is 0.500. The molecule has 3 N–H and O–H groups in total. The molecule has 1 heterocycles. The van der Waals surface area contributed by atoms with Gasteiger partial charge in [0.25, 0.3) is 0 Å². The lowest BCUT2D eigenvalue weighted by Crippen LogP contribution is -2.35. The third kappa shape index (κ3) is 3.71. The van der Waals surface area contributed by atoms with E-state index in [2.05, 4.69) is 10.3 Å².